The summed E-state index contributed by atoms with van der Waals surface area (Å²) < 4.78 is 70.3. The first kappa shape index (κ1) is 17.4. The zero-order valence-electron chi connectivity index (χ0n) is 10.5. The topological polar surface area (TPSA) is 48.4 Å². The first-order valence-electron chi connectivity index (χ1n) is 5.37. The number of hydrogen-bond donors (Lipinski definition) is 0. The Bertz CT molecular complexity index is 521. The standard InChI is InChI=1S/C11H9ClF5NO3/c1-20-8(19)3-5-2-7(21-11(15,16)17)18-6(4-12)9(5)10(13)14/h2,10H,3-4H2,1H3. The number of ether oxygens (including phenoxy) is 2. The van der Waals surface area contributed by atoms with E-state index in [2.05, 4.69) is 14.5 Å². The summed E-state index contributed by atoms with van der Waals surface area (Å²) in [5, 5.41) is 0. The van der Waals surface area contributed by atoms with Crippen molar-refractivity contribution >= 4 is 17.6 Å². The molecule has 0 bridgehead atoms. The molecule has 1 aromatic rings. The highest BCUT2D eigenvalue weighted by Crippen LogP contribution is 2.32. The molecule has 1 heterocycles. The molecule has 0 aliphatic heterocycles. The van der Waals surface area contributed by atoms with Crippen LogP contribution in [0.3, 0.4) is 0 Å². The van der Waals surface area contributed by atoms with Crippen molar-refractivity contribution in [2.75, 3.05) is 7.11 Å². The molecule has 0 fully saturated rings. The fraction of sp³-hybridized carbons (Fsp3) is 0.455. The van der Waals surface area contributed by atoms with Crippen LogP contribution in [0, 0.1) is 0 Å². The maximum Gasteiger partial charge on any atom is 0.574 e. The van der Waals surface area contributed by atoms with Gasteiger partial charge in [0, 0.05) is 11.6 Å². The minimum absolute atomic E-state index is 0.387. The van der Waals surface area contributed by atoms with Crippen LogP contribution in [0.4, 0.5) is 22.0 Å². The molecule has 0 atom stereocenters. The molecule has 21 heavy (non-hydrogen) atoms. The molecule has 0 aliphatic carbocycles. The van der Waals surface area contributed by atoms with Crippen molar-refractivity contribution in [3.63, 3.8) is 0 Å². The molecule has 4 nitrogen and oxygen atoms in total. The van der Waals surface area contributed by atoms with E-state index in [1.807, 2.05) is 0 Å². The lowest BCUT2D eigenvalue weighted by Gasteiger charge is -2.15. The molecule has 0 saturated heterocycles. The number of aromatic nitrogens is 1. The Hall–Kier alpha value is -1.64. The van der Waals surface area contributed by atoms with Gasteiger partial charge in [0.25, 0.3) is 6.43 Å². The Labute approximate surface area is 120 Å². The average Bonchev–Trinajstić information content (AvgIpc) is 2.35. The van der Waals surface area contributed by atoms with Crippen molar-refractivity contribution in [2.45, 2.75) is 25.1 Å². The molecular weight excluding hydrogens is 325 g/mol. The molecule has 0 aromatic carbocycles. The van der Waals surface area contributed by atoms with Crippen LogP contribution in [-0.2, 0) is 21.8 Å². The monoisotopic (exact) mass is 333 g/mol. The fourth-order valence-corrected chi connectivity index (χ4v) is 1.75. The number of halogens is 6. The zero-order chi connectivity index (χ0) is 16.2. The van der Waals surface area contributed by atoms with Crippen LogP contribution in [-0.4, -0.2) is 24.4 Å². The number of esters is 1. The first-order chi connectivity index (χ1) is 9.67. The molecule has 118 valence electrons. The molecule has 10 heteroatoms. The number of alkyl halides is 6. The van der Waals surface area contributed by atoms with Gasteiger partial charge in [0.15, 0.2) is 0 Å². The number of carbonyl (C=O) groups excluding carboxylic acids is 1. The molecule has 0 saturated carbocycles. The van der Waals surface area contributed by atoms with E-state index in [0.29, 0.717) is 6.07 Å². The van der Waals surface area contributed by atoms with Gasteiger partial charge in [-0.2, -0.15) is 0 Å². The number of nitrogens with zero attached hydrogens (tertiary/aromatic N) is 1. The second kappa shape index (κ2) is 6.88. The summed E-state index contributed by atoms with van der Waals surface area (Å²) >= 11 is 5.41. The third kappa shape index (κ3) is 5.00. The van der Waals surface area contributed by atoms with Crippen molar-refractivity contribution in [2.24, 2.45) is 0 Å². The average molecular weight is 334 g/mol. The molecule has 0 aliphatic rings. The van der Waals surface area contributed by atoms with Crippen LogP contribution < -0.4 is 4.74 Å². The van der Waals surface area contributed by atoms with Crippen LogP contribution in [0.2, 0.25) is 0 Å². The summed E-state index contributed by atoms with van der Waals surface area (Å²) in [7, 11) is 1.02. The Morgan fingerprint density at radius 3 is 2.48 bits per heavy atom. The van der Waals surface area contributed by atoms with E-state index < -0.39 is 48.2 Å². The number of carbonyl (C=O) groups is 1. The van der Waals surface area contributed by atoms with Gasteiger partial charge in [0.1, 0.15) is 0 Å². The molecule has 0 spiro atoms. The van der Waals surface area contributed by atoms with Crippen LogP contribution in [0.25, 0.3) is 0 Å². The van der Waals surface area contributed by atoms with Crippen LogP contribution in [0.1, 0.15) is 23.2 Å². The van der Waals surface area contributed by atoms with E-state index in [0.717, 1.165) is 7.11 Å². The maximum absolute atomic E-state index is 13.0. The van der Waals surface area contributed by atoms with Gasteiger partial charge in [0.2, 0.25) is 5.88 Å². The van der Waals surface area contributed by atoms with Crippen molar-refractivity contribution in [3.05, 3.63) is 22.9 Å². The minimum atomic E-state index is -5.05. The summed E-state index contributed by atoms with van der Waals surface area (Å²) in [6.07, 6.45) is -8.77. The number of rotatable bonds is 5. The van der Waals surface area contributed by atoms with Crippen molar-refractivity contribution in [1.82, 2.24) is 4.98 Å². The quantitative estimate of drug-likeness (QED) is 0.471. The third-order valence-electron chi connectivity index (χ3n) is 2.33. The van der Waals surface area contributed by atoms with Gasteiger partial charge in [-0.3, -0.25) is 4.79 Å². The second-order valence-corrected chi connectivity index (χ2v) is 3.98. The van der Waals surface area contributed by atoms with Gasteiger partial charge in [-0.05, 0) is 5.56 Å². The molecular formula is C11H9ClF5NO3. The highest BCUT2D eigenvalue weighted by Gasteiger charge is 2.33. The van der Waals surface area contributed by atoms with E-state index in [1.54, 1.807) is 0 Å². The zero-order valence-corrected chi connectivity index (χ0v) is 11.3. The fourth-order valence-electron chi connectivity index (χ4n) is 1.55. The lowest BCUT2D eigenvalue weighted by atomic mass is 10.0. The SMILES string of the molecule is COC(=O)Cc1cc(OC(F)(F)F)nc(CCl)c1C(F)F. The predicted molar refractivity (Wildman–Crippen MR) is 61.2 cm³/mol. The summed E-state index contributed by atoms with van der Waals surface area (Å²) in [6.45, 7) is 0. The van der Waals surface area contributed by atoms with Gasteiger partial charge in [-0.15, -0.1) is 24.8 Å². The van der Waals surface area contributed by atoms with Gasteiger partial charge >= 0.3 is 12.3 Å². The van der Waals surface area contributed by atoms with Crippen LogP contribution in [0.15, 0.2) is 6.07 Å². The van der Waals surface area contributed by atoms with Crippen molar-refractivity contribution in [1.29, 1.82) is 0 Å². The summed E-state index contributed by atoms with van der Waals surface area (Å²) in [4.78, 5) is 14.5. The van der Waals surface area contributed by atoms with Crippen LogP contribution in [0.5, 0.6) is 5.88 Å². The Balaban J connectivity index is 3.33. The molecule has 0 amide bonds. The molecule has 1 aromatic heterocycles. The second-order valence-electron chi connectivity index (χ2n) is 3.72. The molecule has 0 unspecified atom stereocenters. The highest BCUT2D eigenvalue weighted by atomic mass is 35.5. The summed E-state index contributed by atoms with van der Waals surface area (Å²) in [5.74, 6) is -2.44. The van der Waals surface area contributed by atoms with Crippen molar-refractivity contribution in [3.8, 4) is 5.88 Å². The smallest absolute Gasteiger partial charge is 0.469 e. The highest BCUT2D eigenvalue weighted by molar-refractivity contribution is 6.17. The minimum Gasteiger partial charge on any atom is -0.469 e. The normalized spacial score (nSPS) is 11.6. The Kier molecular flexibility index (Phi) is 5.70. The van der Waals surface area contributed by atoms with Gasteiger partial charge in [-0.25, -0.2) is 13.8 Å². The Morgan fingerprint density at radius 2 is 2.05 bits per heavy atom. The van der Waals surface area contributed by atoms with E-state index in [9.17, 15) is 26.7 Å². The lowest BCUT2D eigenvalue weighted by Crippen LogP contribution is -2.19. The summed E-state index contributed by atoms with van der Waals surface area (Å²) in [5.41, 5.74) is -1.58. The van der Waals surface area contributed by atoms with E-state index in [4.69, 9.17) is 11.6 Å². The van der Waals surface area contributed by atoms with Gasteiger partial charge < -0.3 is 9.47 Å². The summed E-state index contributed by atoms with van der Waals surface area (Å²) in [6, 6.07) is 0.613. The molecule has 0 N–H and O–H groups in total. The molecule has 1 rings (SSSR count). The predicted octanol–water partition coefficient (Wildman–Crippen LogP) is 3.37. The third-order valence-corrected chi connectivity index (χ3v) is 2.58. The Morgan fingerprint density at radius 1 is 1.43 bits per heavy atom. The lowest BCUT2D eigenvalue weighted by molar-refractivity contribution is -0.276. The number of methoxy groups -OCH3 is 1. The van der Waals surface area contributed by atoms with Gasteiger partial charge in [-0.1, -0.05) is 0 Å². The van der Waals surface area contributed by atoms with Crippen molar-refractivity contribution < 1.29 is 36.2 Å². The number of pyridine rings is 1. The van der Waals surface area contributed by atoms with Crippen LogP contribution >= 0.6 is 11.6 Å². The van der Waals surface area contributed by atoms with E-state index in [1.165, 1.54) is 0 Å². The van der Waals surface area contributed by atoms with Gasteiger partial charge in [0.05, 0.1) is 25.1 Å². The number of hydrogen-bond acceptors (Lipinski definition) is 4. The van der Waals surface area contributed by atoms with E-state index in [-0.39, 0.29) is 5.56 Å². The maximum atomic E-state index is 13.0. The van der Waals surface area contributed by atoms with E-state index >= 15 is 0 Å². The first-order valence-corrected chi connectivity index (χ1v) is 5.90. The largest absolute Gasteiger partial charge is 0.574 e. The molecule has 0 radical (unpaired) electrons.